The monoisotopic (exact) mass is 881 g/mol. The van der Waals surface area contributed by atoms with Gasteiger partial charge in [-0.05, 0) is 141 Å². The molecule has 7 aromatic rings. The minimum Gasteiger partial charge on any atom is -0.311 e. The number of hydrogen-bond acceptors (Lipinski definition) is 2. The summed E-state index contributed by atoms with van der Waals surface area (Å²) in [4.78, 5) is 5.40. The minimum atomic E-state index is -3.11. The average molecular weight is 881 g/mol. The van der Waals surface area contributed by atoms with Gasteiger partial charge in [0.25, 0.3) is 6.71 Å². The van der Waals surface area contributed by atoms with Crippen LogP contribution in [-0.4, -0.2) is 14.8 Å². The first-order valence-corrected chi connectivity index (χ1v) is 26.4. The van der Waals surface area contributed by atoms with Crippen LogP contribution < -0.4 is 46.9 Å². The molecule has 3 heterocycles. The van der Waals surface area contributed by atoms with Gasteiger partial charge in [0.15, 0.2) is 8.07 Å². The second-order valence-electron chi connectivity index (χ2n) is 24.8. The van der Waals surface area contributed by atoms with E-state index in [0.29, 0.717) is 0 Å². The predicted molar refractivity (Wildman–Crippen MR) is 291 cm³/mol. The Morgan fingerprint density at radius 2 is 0.636 bits per heavy atom. The molecule has 0 N–H and O–H groups in total. The van der Waals surface area contributed by atoms with E-state index in [1.54, 1.807) is 0 Å². The lowest BCUT2D eigenvalue weighted by molar-refractivity contribution is 0.590. The first-order chi connectivity index (χ1) is 30.9. The van der Waals surface area contributed by atoms with E-state index in [4.69, 9.17) is 0 Å². The smallest absolute Gasteiger partial charge is 0.251 e. The van der Waals surface area contributed by atoms with E-state index in [9.17, 15) is 0 Å². The van der Waals surface area contributed by atoms with E-state index in [-0.39, 0.29) is 33.8 Å². The molecular formula is C62H69BN2Si. The van der Waals surface area contributed by atoms with E-state index in [1.165, 1.54) is 99.1 Å². The summed E-state index contributed by atoms with van der Waals surface area (Å²) in [5.41, 5.74) is 18.4. The third kappa shape index (κ3) is 6.79. The fraction of sp³-hybridized carbons (Fsp3) is 0.323. The van der Waals surface area contributed by atoms with Crippen molar-refractivity contribution in [3.8, 4) is 0 Å². The molecule has 10 rings (SSSR count). The molecule has 0 aromatic heterocycles. The highest BCUT2D eigenvalue weighted by molar-refractivity contribution is 7.27. The van der Waals surface area contributed by atoms with Crippen LogP contribution in [0, 0.1) is 0 Å². The Labute approximate surface area is 398 Å². The summed E-state index contributed by atoms with van der Waals surface area (Å²) in [6.45, 7) is 35.7. The molecule has 0 saturated carbocycles. The van der Waals surface area contributed by atoms with Crippen LogP contribution in [0.5, 0.6) is 0 Å². The molecule has 0 bridgehead atoms. The van der Waals surface area contributed by atoms with Gasteiger partial charge in [-0.15, -0.1) is 0 Å². The third-order valence-electron chi connectivity index (χ3n) is 15.0. The molecule has 0 atom stereocenters. The number of hydrogen-bond donors (Lipinski definition) is 0. The zero-order valence-corrected chi connectivity index (χ0v) is 43.3. The largest absolute Gasteiger partial charge is 0.311 e. The predicted octanol–water partition coefficient (Wildman–Crippen LogP) is 11.9. The SMILES string of the molecule is CC(C)(C)c1cccc(N2c3cc(C(C)(C)C)cc4c3B3c5c2cc(C(C)(C)C)cc5[Si](c2ccccc2)(c2ccccc2)c2cc(C(C)(C)C)cc(c23)N4c2cccc(C(C)(C)C)c2)c1. The Balaban J connectivity index is 1.49. The molecule has 0 amide bonds. The second kappa shape index (κ2) is 14.7. The maximum Gasteiger partial charge on any atom is 0.251 e. The lowest BCUT2D eigenvalue weighted by Gasteiger charge is -2.52. The van der Waals surface area contributed by atoms with Crippen LogP contribution in [0.15, 0.2) is 146 Å². The van der Waals surface area contributed by atoms with Crippen molar-refractivity contribution in [2.24, 2.45) is 0 Å². The maximum absolute atomic E-state index is 3.11. The Bertz CT molecular complexity index is 2860. The molecule has 0 fully saturated rings. The standard InChI is InChI=1S/C62H69BN2Si/c1-58(2,3)40-24-22-26-45(32-40)64-49-34-42(60(7,8)9)35-50-55(49)63-56-51(64)36-43(61(10,11)12)38-53(56)66(47-28-18-16-19-29-47,48-30-20-17-21-31-48)54-39-44(62(13,14)15)37-52(57(54)63)65(50)46-27-23-25-41(33-46)59(4,5)6/h16-39H,1-15H3. The van der Waals surface area contributed by atoms with Gasteiger partial charge < -0.3 is 9.80 Å². The van der Waals surface area contributed by atoms with Gasteiger partial charge in [0, 0.05) is 34.1 Å². The molecule has 0 spiro atoms. The van der Waals surface area contributed by atoms with Crippen molar-refractivity contribution >= 4 is 86.0 Å². The molecule has 0 radical (unpaired) electrons. The van der Waals surface area contributed by atoms with E-state index >= 15 is 0 Å². The van der Waals surface area contributed by atoms with Gasteiger partial charge in [-0.25, -0.2) is 0 Å². The normalized spacial score (nSPS) is 15.2. The molecule has 3 aliphatic heterocycles. The van der Waals surface area contributed by atoms with Gasteiger partial charge >= 0.3 is 0 Å². The van der Waals surface area contributed by atoms with Crippen molar-refractivity contribution in [2.75, 3.05) is 9.80 Å². The molecule has 0 aliphatic carbocycles. The summed E-state index contributed by atoms with van der Waals surface area (Å²) in [6, 6.07) is 58.0. The van der Waals surface area contributed by atoms with Crippen LogP contribution >= 0.6 is 0 Å². The third-order valence-corrected chi connectivity index (χ3v) is 19.9. The van der Waals surface area contributed by atoms with Crippen LogP contribution in [-0.2, 0) is 27.1 Å². The van der Waals surface area contributed by atoms with Crippen LogP contribution in [0.1, 0.15) is 132 Å². The van der Waals surface area contributed by atoms with Crippen LogP contribution in [0.2, 0.25) is 0 Å². The number of nitrogens with zero attached hydrogens (tertiary/aromatic N) is 2. The summed E-state index contributed by atoms with van der Waals surface area (Å²) >= 11 is 0. The fourth-order valence-electron chi connectivity index (χ4n) is 11.2. The molecule has 7 aromatic carbocycles. The topological polar surface area (TPSA) is 6.48 Å². The molecule has 3 aliphatic rings. The van der Waals surface area contributed by atoms with Crippen molar-refractivity contribution in [3.05, 3.63) is 173 Å². The lowest BCUT2D eigenvalue weighted by Crippen LogP contribution is -2.88. The van der Waals surface area contributed by atoms with E-state index in [2.05, 4.69) is 259 Å². The Morgan fingerprint density at radius 1 is 0.318 bits per heavy atom. The van der Waals surface area contributed by atoms with Gasteiger partial charge in [0.1, 0.15) is 0 Å². The summed E-state index contributed by atoms with van der Waals surface area (Å²) in [6.07, 6.45) is 0. The van der Waals surface area contributed by atoms with Crippen LogP contribution in [0.3, 0.4) is 0 Å². The van der Waals surface area contributed by atoms with E-state index in [0.717, 1.165) is 0 Å². The zero-order chi connectivity index (χ0) is 47.1. The number of anilines is 6. The number of rotatable bonds is 4. The minimum absolute atomic E-state index is 0.0239. The van der Waals surface area contributed by atoms with Gasteiger partial charge in [0.05, 0.1) is 0 Å². The summed E-state index contributed by atoms with van der Waals surface area (Å²) < 4.78 is 0. The Morgan fingerprint density at radius 3 is 0.970 bits per heavy atom. The second-order valence-corrected chi connectivity index (χ2v) is 28.5. The highest BCUT2D eigenvalue weighted by Crippen LogP contribution is 2.49. The lowest BCUT2D eigenvalue weighted by atomic mass is 9.33. The summed E-state index contributed by atoms with van der Waals surface area (Å²) in [7, 11) is -3.11. The van der Waals surface area contributed by atoms with Gasteiger partial charge in [0.2, 0.25) is 0 Å². The number of benzene rings is 7. The molecule has 0 saturated heterocycles. The average Bonchev–Trinajstić information content (AvgIpc) is 3.25. The first kappa shape index (κ1) is 44.3. The van der Waals surface area contributed by atoms with Gasteiger partial charge in [-0.1, -0.05) is 201 Å². The van der Waals surface area contributed by atoms with Gasteiger partial charge in [-0.2, -0.15) is 0 Å². The van der Waals surface area contributed by atoms with Crippen molar-refractivity contribution in [1.29, 1.82) is 0 Å². The van der Waals surface area contributed by atoms with Crippen LogP contribution in [0.4, 0.5) is 34.1 Å². The molecule has 66 heavy (non-hydrogen) atoms. The summed E-state index contributed by atoms with van der Waals surface area (Å²) in [5, 5.41) is 5.90. The molecule has 4 heteroatoms. The Kier molecular flexibility index (Phi) is 9.87. The highest BCUT2D eigenvalue weighted by atomic mass is 28.3. The van der Waals surface area contributed by atoms with Crippen LogP contribution in [0.25, 0.3) is 0 Å². The highest BCUT2D eigenvalue weighted by Gasteiger charge is 2.57. The zero-order valence-electron chi connectivity index (χ0n) is 42.3. The maximum atomic E-state index is 2.70. The molecule has 0 unspecified atom stereocenters. The summed E-state index contributed by atoms with van der Waals surface area (Å²) in [5.74, 6) is 0. The van der Waals surface area contributed by atoms with Crippen molar-refractivity contribution < 1.29 is 0 Å². The van der Waals surface area contributed by atoms with Crippen molar-refractivity contribution in [3.63, 3.8) is 0 Å². The first-order valence-electron chi connectivity index (χ1n) is 24.4. The van der Waals surface area contributed by atoms with Crippen molar-refractivity contribution in [2.45, 2.75) is 131 Å². The molecule has 334 valence electrons. The fourth-order valence-corrected chi connectivity index (χ4v) is 16.6. The quantitative estimate of drug-likeness (QED) is 0.163. The molecule has 2 nitrogen and oxygen atoms in total. The Hall–Kier alpha value is -5.58. The molecular weight excluding hydrogens is 812 g/mol. The van der Waals surface area contributed by atoms with E-state index < -0.39 is 8.07 Å². The van der Waals surface area contributed by atoms with E-state index in [1.807, 2.05) is 0 Å². The van der Waals surface area contributed by atoms with Gasteiger partial charge in [-0.3, -0.25) is 0 Å². The van der Waals surface area contributed by atoms with Crippen molar-refractivity contribution in [1.82, 2.24) is 0 Å².